The molecule has 0 saturated carbocycles. The van der Waals surface area contributed by atoms with Crippen molar-refractivity contribution in [3.8, 4) is 11.5 Å². The molecule has 3 rings (SSSR count). The maximum absolute atomic E-state index is 12.6. The highest BCUT2D eigenvalue weighted by Gasteiger charge is 2.49. The van der Waals surface area contributed by atoms with E-state index in [2.05, 4.69) is 31.4 Å². The van der Waals surface area contributed by atoms with Gasteiger partial charge in [0.25, 0.3) is 5.91 Å². The topological polar surface area (TPSA) is 88.3 Å². The molecule has 24 heavy (non-hydrogen) atoms. The summed E-state index contributed by atoms with van der Waals surface area (Å²) in [4.78, 5) is 25.9. The highest BCUT2D eigenvalue weighted by atomic mass is 79.9. The third kappa shape index (κ3) is 2.71. The van der Waals surface area contributed by atoms with E-state index in [1.54, 1.807) is 0 Å². The Morgan fingerprint density at radius 3 is 2.54 bits per heavy atom. The Balaban J connectivity index is 1.82. The van der Waals surface area contributed by atoms with Gasteiger partial charge in [0.1, 0.15) is 12.1 Å². The van der Waals surface area contributed by atoms with Crippen LogP contribution in [-0.2, 0) is 11.3 Å². The van der Waals surface area contributed by atoms with Crippen molar-refractivity contribution in [2.45, 2.75) is 38.8 Å². The average Bonchev–Trinajstić information content (AvgIpc) is 3.14. The number of benzene rings is 1. The fourth-order valence-corrected chi connectivity index (χ4v) is 3.20. The van der Waals surface area contributed by atoms with Crippen molar-refractivity contribution in [2.24, 2.45) is 0 Å². The van der Waals surface area contributed by atoms with Gasteiger partial charge < -0.3 is 9.73 Å². The second-order valence-corrected chi connectivity index (χ2v) is 6.45. The number of imide groups is 1. The Bertz CT molecular complexity index is 785. The minimum atomic E-state index is -0.831. The molecule has 0 atom stereocenters. The van der Waals surface area contributed by atoms with E-state index in [1.807, 2.05) is 38.1 Å². The number of nitrogens with one attached hydrogen (secondary N) is 1. The summed E-state index contributed by atoms with van der Waals surface area (Å²) in [6, 6.07) is 7.03. The van der Waals surface area contributed by atoms with E-state index in [4.69, 9.17) is 4.42 Å². The van der Waals surface area contributed by atoms with Crippen molar-refractivity contribution in [3.63, 3.8) is 0 Å². The normalized spacial score (nSPS) is 16.5. The number of urea groups is 1. The minimum Gasteiger partial charge on any atom is -0.419 e. The van der Waals surface area contributed by atoms with Gasteiger partial charge in [-0.05, 0) is 40.9 Å². The molecule has 8 heteroatoms. The molecule has 1 aromatic carbocycles. The maximum atomic E-state index is 12.6. The van der Waals surface area contributed by atoms with E-state index in [0.29, 0.717) is 18.7 Å². The number of carbonyl (C=O) groups is 2. The molecule has 0 aliphatic carbocycles. The Hall–Kier alpha value is -2.22. The van der Waals surface area contributed by atoms with E-state index in [1.165, 1.54) is 0 Å². The van der Waals surface area contributed by atoms with Crippen LogP contribution < -0.4 is 5.32 Å². The molecule has 0 unspecified atom stereocenters. The number of halogens is 1. The monoisotopic (exact) mass is 392 g/mol. The summed E-state index contributed by atoms with van der Waals surface area (Å²) in [6.07, 6.45) is 1.08. The van der Waals surface area contributed by atoms with Crippen molar-refractivity contribution in [3.05, 3.63) is 34.6 Å². The smallest absolute Gasteiger partial charge is 0.325 e. The summed E-state index contributed by atoms with van der Waals surface area (Å²) in [5.41, 5.74) is -0.0764. The molecular formula is C16H17BrN4O3. The molecule has 1 aliphatic rings. The number of aromatic nitrogens is 2. The highest BCUT2D eigenvalue weighted by molar-refractivity contribution is 9.10. The zero-order chi connectivity index (χ0) is 17.3. The van der Waals surface area contributed by atoms with Crippen LogP contribution in [0.5, 0.6) is 0 Å². The lowest BCUT2D eigenvalue weighted by atomic mass is 9.93. The van der Waals surface area contributed by atoms with Crippen LogP contribution in [0.3, 0.4) is 0 Å². The predicted octanol–water partition coefficient (Wildman–Crippen LogP) is 3.11. The molecular weight excluding hydrogens is 376 g/mol. The lowest BCUT2D eigenvalue weighted by Crippen LogP contribution is -2.45. The molecule has 126 valence electrons. The summed E-state index contributed by atoms with van der Waals surface area (Å²) in [5.74, 6) is 0.298. The Kier molecular flexibility index (Phi) is 4.40. The molecule has 2 heterocycles. The van der Waals surface area contributed by atoms with Gasteiger partial charge in [0, 0.05) is 4.47 Å². The van der Waals surface area contributed by atoms with Crippen molar-refractivity contribution in [1.82, 2.24) is 20.4 Å². The van der Waals surface area contributed by atoms with Gasteiger partial charge in [-0.25, -0.2) is 4.79 Å². The SMILES string of the molecule is CCC1(CC)NC(=O)N(Cc2nnc(-c3ccccc3Br)o2)C1=O. The van der Waals surface area contributed by atoms with E-state index in [-0.39, 0.29) is 18.3 Å². The van der Waals surface area contributed by atoms with Crippen molar-refractivity contribution < 1.29 is 14.0 Å². The number of amides is 3. The summed E-state index contributed by atoms with van der Waals surface area (Å²) in [6.45, 7) is 3.72. The zero-order valence-corrected chi connectivity index (χ0v) is 15.0. The van der Waals surface area contributed by atoms with Crippen LogP contribution >= 0.6 is 15.9 Å². The highest BCUT2D eigenvalue weighted by Crippen LogP contribution is 2.29. The summed E-state index contributed by atoms with van der Waals surface area (Å²) in [7, 11) is 0. The van der Waals surface area contributed by atoms with E-state index >= 15 is 0 Å². The summed E-state index contributed by atoms with van der Waals surface area (Å²) in [5, 5.41) is 10.7. The van der Waals surface area contributed by atoms with Gasteiger partial charge in [0.2, 0.25) is 11.8 Å². The van der Waals surface area contributed by atoms with Crippen LogP contribution in [-0.4, -0.2) is 32.6 Å². The fourth-order valence-electron chi connectivity index (χ4n) is 2.75. The standard InChI is InChI=1S/C16H17BrN4O3/c1-3-16(4-2)14(22)21(15(23)18-16)9-12-19-20-13(24-12)10-7-5-6-8-11(10)17/h5-8H,3-4,9H2,1-2H3,(H,18,23). The van der Waals surface area contributed by atoms with Gasteiger partial charge in [-0.15, -0.1) is 10.2 Å². The lowest BCUT2D eigenvalue weighted by molar-refractivity contribution is -0.132. The molecule has 1 N–H and O–H groups in total. The Morgan fingerprint density at radius 2 is 1.92 bits per heavy atom. The van der Waals surface area contributed by atoms with Gasteiger partial charge in [0.05, 0.1) is 5.56 Å². The molecule has 1 saturated heterocycles. The van der Waals surface area contributed by atoms with Gasteiger partial charge in [-0.3, -0.25) is 9.69 Å². The van der Waals surface area contributed by atoms with Crippen LogP contribution in [0.4, 0.5) is 4.79 Å². The van der Waals surface area contributed by atoms with Gasteiger partial charge in [0.15, 0.2) is 0 Å². The second kappa shape index (κ2) is 6.35. The van der Waals surface area contributed by atoms with Gasteiger partial charge in [-0.2, -0.15) is 0 Å². The first-order valence-corrected chi connectivity index (χ1v) is 8.51. The van der Waals surface area contributed by atoms with E-state index in [0.717, 1.165) is 14.9 Å². The molecule has 0 spiro atoms. The second-order valence-electron chi connectivity index (χ2n) is 5.59. The zero-order valence-electron chi connectivity index (χ0n) is 13.4. The van der Waals surface area contributed by atoms with E-state index in [9.17, 15) is 9.59 Å². The largest absolute Gasteiger partial charge is 0.419 e. The molecule has 0 bridgehead atoms. The number of carbonyl (C=O) groups excluding carboxylic acids is 2. The van der Waals surface area contributed by atoms with Crippen LogP contribution in [0.2, 0.25) is 0 Å². The Morgan fingerprint density at radius 1 is 1.21 bits per heavy atom. The minimum absolute atomic E-state index is 0.0378. The molecule has 0 radical (unpaired) electrons. The third-order valence-corrected chi connectivity index (χ3v) is 5.01. The average molecular weight is 393 g/mol. The molecule has 2 aromatic rings. The first kappa shape index (κ1) is 16.6. The number of rotatable bonds is 5. The molecule has 3 amide bonds. The third-order valence-electron chi connectivity index (χ3n) is 4.32. The number of hydrogen-bond acceptors (Lipinski definition) is 5. The predicted molar refractivity (Wildman–Crippen MR) is 89.8 cm³/mol. The van der Waals surface area contributed by atoms with Crippen LogP contribution in [0.25, 0.3) is 11.5 Å². The molecule has 1 aromatic heterocycles. The van der Waals surface area contributed by atoms with Crippen molar-refractivity contribution in [2.75, 3.05) is 0 Å². The van der Waals surface area contributed by atoms with Crippen LogP contribution in [0, 0.1) is 0 Å². The van der Waals surface area contributed by atoms with Gasteiger partial charge in [-0.1, -0.05) is 26.0 Å². The lowest BCUT2D eigenvalue weighted by Gasteiger charge is -2.22. The molecule has 1 fully saturated rings. The quantitative estimate of drug-likeness (QED) is 0.789. The van der Waals surface area contributed by atoms with Crippen LogP contribution in [0.1, 0.15) is 32.6 Å². The first-order valence-electron chi connectivity index (χ1n) is 7.72. The van der Waals surface area contributed by atoms with Crippen LogP contribution in [0.15, 0.2) is 33.2 Å². The van der Waals surface area contributed by atoms with Crippen molar-refractivity contribution >= 4 is 27.9 Å². The summed E-state index contributed by atoms with van der Waals surface area (Å²) < 4.78 is 6.44. The number of hydrogen-bond donors (Lipinski definition) is 1. The van der Waals surface area contributed by atoms with Crippen molar-refractivity contribution in [1.29, 1.82) is 0 Å². The van der Waals surface area contributed by atoms with E-state index < -0.39 is 11.6 Å². The first-order chi connectivity index (χ1) is 11.5. The molecule has 1 aliphatic heterocycles. The number of nitrogens with zero attached hydrogens (tertiary/aromatic N) is 3. The maximum Gasteiger partial charge on any atom is 0.325 e. The molecule has 7 nitrogen and oxygen atoms in total. The summed E-state index contributed by atoms with van der Waals surface area (Å²) >= 11 is 3.43. The van der Waals surface area contributed by atoms with Gasteiger partial charge >= 0.3 is 6.03 Å². The fraction of sp³-hybridized carbons (Fsp3) is 0.375. The Labute approximate surface area is 147 Å².